The second kappa shape index (κ2) is 5.98. The number of aryl methyl sites for hydroxylation is 1. The molecule has 1 heterocycles. The smallest absolute Gasteiger partial charge is 0.247 e. The molecule has 0 atom stereocenters. The lowest BCUT2D eigenvalue weighted by molar-refractivity contribution is 0.477. The van der Waals surface area contributed by atoms with Gasteiger partial charge in [-0.25, -0.2) is 0 Å². The first-order valence-electron chi connectivity index (χ1n) is 6.00. The number of rotatable bonds is 5. The van der Waals surface area contributed by atoms with Crippen LogP contribution in [0.25, 0.3) is 11.5 Å². The van der Waals surface area contributed by atoms with Crippen molar-refractivity contribution < 1.29 is 4.42 Å². The molecule has 0 spiro atoms. The summed E-state index contributed by atoms with van der Waals surface area (Å²) < 4.78 is 5.58. The Bertz CT molecular complexity index is 525. The molecule has 1 aromatic heterocycles. The molecule has 0 aliphatic rings. The van der Waals surface area contributed by atoms with Gasteiger partial charge in [-0.15, -0.1) is 10.2 Å². The number of nitrogens with zero attached hydrogens (tertiary/aromatic N) is 2. The van der Waals surface area contributed by atoms with E-state index in [0.717, 1.165) is 29.1 Å². The van der Waals surface area contributed by atoms with Crippen LogP contribution in [0.5, 0.6) is 0 Å². The largest absolute Gasteiger partial charge is 0.419 e. The maximum Gasteiger partial charge on any atom is 0.247 e. The van der Waals surface area contributed by atoms with Gasteiger partial charge < -0.3 is 9.73 Å². The first-order valence-corrected chi connectivity index (χ1v) is 6.38. The van der Waals surface area contributed by atoms with Crippen molar-refractivity contribution in [3.63, 3.8) is 0 Å². The average molecular weight is 266 g/mol. The lowest BCUT2D eigenvalue weighted by Gasteiger charge is -1.99. The molecule has 0 amide bonds. The normalized spacial score (nSPS) is 10.8. The van der Waals surface area contributed by atoms with Crippen molar-refractivity contribution in [1.29, 1.82) is 0 Å². The lowest BCUT2D eigenvalue weighted by Crippen LogP contribution is -2.13. The van der Waals surface area contributed by atoms with Gasteiger partial charge in [0.25, 0.3) is 0 Å². The number of halogens is 1. The molecule has 0 fully saturated rings. The summed E-state index contributed by atoms with van der Waals surface area (Å²) in [6, 6.07) is 5.66. The van der Waals surface area contributed by atoms with Crippen LogP contribution in [0.15, 0.2) is 22.6 Å². The van der Waals surface area contributed by atoms with Crippen molar-refractivity contribution in [2.45, 2.75) is 26.8 Å². The number of hydrogen-bond acceptors (Lipinski definition) is 4. The van der Waals surface area contributed by atoms with Crippen molar-refractivity contribution >= 4 is 11.6 Å². The van der Waals surface area contributed by atoms with Gasteiger partial charge in [0.15, 0.2) is 0 Å². The van der Waals surface area contributed by atoms with E-state index in [0.29, 0.717) is 18.3 Å². The minimum absolute atomic E-state index is 0.531. The fraction of sp³-hybridized carbons (Fsp3) is 0.385. The van der Waals surface area contributed by atoms with Gasteiger partial charge in [0.2, 0.25) is 11.8 Å². The molecule has 0 saturated heterocycles. The van der Waals surface area contributed by atoms with Crippen LogP contribution in [-0.4, -0.2) is 16.7 Å². The van der Waals surface area contributed by atoms with Crippen LogP contribution in [0.4, 0.5) is 0 Å². The van der Waals surface area contributed by atoms with Crippen LogP contribution in [0.1, 0.15) is 24.8 Å². The molecule has 0 unspecified atom stereocenters. The zero-order valence-electron chi connectivity index (χ0n) is 10.5. The van der Waals surface area contributed by atoms with E-state index < -0.39 is 0 Å². The van der Waals surface area contributed by atoms with Gasteiger partial charge in [0.1, 0.15) is 0 Å². The summed E-state index contributed by atoms with van der Waals surface area (Å²) in [5.41, 5.74) is 1.89. The summed E-state index contributed by atoms with van der Waals surface area (Å²) in [4.78, 5) is 0. The van der Waals surface area contributed by atoms with Crippen molar-refractivity contribution in [1.82, 2.24) is 15.5 Å². The van der Waals surface area contributed by atoms with Gasteiger partial charge in [-0.3, -0.25) is 0 Å². The minimum atomic E-state index is 0.531. The Labute approximate surface area is 111 Å². The first-order chi connectivity index (χ1) is 8.70. The Morgan fingerprint density at radius 1 is 1.33 bits per heavy atom. The Balaban J connectivity index is 2.11. The van der Waals surface area contributed by atoms with E-state index in [1.807, 2.05) is 25.1 Å². The van der Waals surface area contributed by atoms with Crippen LogP contribution >= 0.6 is 11.6 Å². The van der Waals surface area contributed by atoms with Crippen LogP contribution in [0.2, 0.25) is 5.02 Å². The molecule has 5 heteroatoms. The maximum absolute atomic E-state index is 5.98. The molecule has 0 aliphatic heterocycles. The third-order valence-corrected chi connectivity index (χ3v) is 3.00. The molecule has 1 aromatic carbocycles. The average Bonchev–Trinajstić information content (AvgIpc) is 2.82. The summed E-state index contributed by atoms with van der Waals surface area (Å²) in [6.45, 7) is 5.61. The van der Waals surface area contributed by atoms with E-state index in [1.165, 1.54) is 0 Å². The Kier molecular flexibility index (Phi) is 4.33. The zero-order valence-corrected chi connectivity index (χ0v) is 11.3. The highest BCUT2D eigenvalue weighted by atomic mass is 35.5. The van der Waals surface area contributed by atoms with Gasteiger partial charge in [0.05, 0.1) is 6.54 Å². The maximum atomic E-state index is 5.98. The van der Waals surface area contributed by atoms with Gasteiger partial charge in [-0.2, -0.15) is 0 Å². The second-order valence-electron chi connectivity index (χ2n) is 4.14. The van der Waals surface area contributed by atoms with Gasteiger partial charge >= 0.3 is 0 Å². The predicted octanol–water partition coefficient (Wildman–Crippen LogP) is 3.20. The molecule has 0 saturated carbocycles. The summed E-state index contributed by atoms with van der Waals surface area (Å²) in [5, 5.41) is 12.0. The molecule has 18 heavy (non-hydrogen) atoms. The molecule has 4 nitrogen and oxygen atoms in total. The molecule has 2 aromatic rings. The van der Waals surface area contributed by atoms with Crippen LogP contribution in [0.3, 0.4) is 0 Å². The molecule has 96 valence electrons. The summed E-state index contributed by atoms with van der Waals surface area (Å²) in [7, 11) is 0. The Morgan fingerprint density at radius 2 is 2.17 bits per heavy atom. The van der Waals surface area contributed by atoms with E-state index in [4.69, 9.17) is 16.0 Å². The lowest BCUT2D eigenvalue weighted by atomic mass is 10.1. The van der Waals surface area contributed by atoms with Crippen molar-refractivity contribution in [2.24, 2.45) is 0 Å². The van der Waals surface area contributed by atoms with E-state index in [2.05, 4.69) is 22.4 Å². The van der Waals surface area contributed by atoms with E-state index in [1.54, 1.807) is 0 Å². The van der Waals surface area contributed by atoms with E-state index in [9.17, 15) is 0 Å². The van der Waals surface area contributed by atoms with E-state index in [-0.39, 0.29) is 0 Å². The fourth-order valence-corrected chi connectivity index (χ4v) is 1.71. The second-order valence-corrected chi connectivity index (χ2v) is 4.55. The zero-order chi connectivity index (χ0) is 13.0. The topological polar surface area (TPSA) is 51.0 Å². The molecule has 2 rings (SSSR count). The van der Waals surface area contributed by atoms with E-state index >= 15 is 0 Å². The number of benzene rings is 1. The molecular weight excluding hydrogens is 250 g/mol. The molecule has 0 radical (unpaired) electrons. The fourth-order valence-electron chi connectivity index (χ4n) is 1.59. The highest BCUT2D eigenvalue weighted by Crippen LogP contribution is 2.23. The summed E-state index contributed by atoms with van der Waals surface area (Å²) in [5.74, 6) is 1.13. The van der Waals surface area contributed by atoms with Crippen LogP contribution in [-0.2, 0) is 6.54 Å². The summed E-state index contributed by atoms with van der Waals surface area (Å²) >= 11 is 5.98. The SMILES string of the molecule is CCCNCc1nnc(-c2ccc(Cl)c(C)c2)o1. The highest BCUT2D eigenvalue weighted by Gasteiger charge is 2.09. The Morgan fingerprint density at radius 3 is 2.89 bits per heavy atom. The molecular formula is C13H16ClN3O. The van der Waals surface area contributed by atoms with Gasteiger partial charge in [-0.05, 0) is 43.7 Å². The van der Waals surface area contributed by atoms with Gasteiger partial charge in [0, 0.05) is 10.6 Å². The quantitative estimate of drug-likeness (QED) is 0.844. The predicted molar refractivity (Wildman–Crippen MR) is 71.5 cm³/mol. The van der Waals surface area contributed by atoms with Crippen LogP contribution < -0.4 is 5.32 Å². The number of nitrogens with one attached hydrogen (secondary N) is 1. The van der Waals surface area contributed by atoms with Crippen LogP contribution in [0, 0.1) is 6.92 Å². The monoisotopic (exact) mass is 265 g/mol. The third kappa shape index (κ3) is 3.09. The Hall–Kier alpha value is -1.39. The molecule has 1 N–H and O–H groups in total. The first kappa shape index (κ1) is 13.1. The third-order valence-electron chi connectivity index (χ3n) is 2.57. The molecule has 0 bridgehead atoms. The number of hydrogen-bond donors (Lipinski definition) is 1. The van der Waals surface area contributed by atoms with Crippen molar-refractivity contribution in [2.75, 3.05) is 6.54 Å². The minimum Gasteiger partial charge on any atom is -0.419 e. The molecule has 0 aliphatic carbocycles. The number of aromatic nitrogens is 2. The van der Waals surface area contributed by atoms with Crippen molar-refractivity contribution in [3.05, 3.63) is 34.7 Å². The van der Waals surface area contributed by atoms with Crippen molar-refractivity contribution in [3.8, 4) is 11.5 Å². The standard InChI is InChI=1S/C13H16ClN3O/c1-3-6-15-8-12-16-17-13(18-12)10-4-5-11(14)9(2)7-10/h4-5,7,15H,3,6,8H2,1-2H3. The summed E-state index contributed by atoms with van der Waals surface area (Å²) in [6.07, 6.45) is 1.08. The highest BCUT2D eigenvalue weighted by molar-refractivity contribution is 6.31. The van der Waals surface area contributed by atoms with Gasteiger partial charge in [-0.1, -0.05) is 18.5 Å².